The molecule has 3 heterocycles. The van der Waals surface area contributed by atoms with Crippen molar-refractivity contribution < 1.29 is 28.7 Å². The maximum absolute atomic E-state index is 14.3. The number of aromatic amines is 1. The average Bonchev–Trinajstić information content (AvgIpc) is 3.39. The number of amides is 4. The predicted molar refractivity (Wildman–Crippen MR) is 154 cm³/mol. The van der Waals surface area contributed by atoms with Gasteiger partial charge in [-0.25, -0.2) is 5.01 Å². The van der Waals surface area contributed by atoms with Gasteiger partial charge in [-0.1, -0.05) is 18.2 Å². The van der Waals surface area contributed by atoms with Gasteiger partial charge in [0.05, 0.1) is 19.8 Å². The van der Waals surface area contributed by atoms with Crippen LogP contribution in [0.4, 0.5) is 0 Å². The van der Waals surface area contributed by atoms with E-state index in [1.807, 2.05) is 38.1 Å². The van der Waals surface area contributed by atoms with Crippen LogP contribution >= 0.6 is 0 Å². The van der Waals surface area contributed by atoms with Gasteiger partial charge in [0.2, 0.25) is 5.91 Å². The fourth-order valence-corrected chi connectivity index (χ4v) is 6.06. The molecular formula is C32H30N4O6. The number of nitrogens with zero attached hydrogens (tertiary/aromatic N) is 3. The molecule has 1 unspecified atom stereocenters. The van der Waals surface area contributed by atoms with Gasteiger partial charge in [0.1, 0.15) is 24.1 Å². The quantitative estimate of drug-likeness (QED) is 0.367. The van der Waals surface area contributed by atoms with E-state index in [0.29, 0.717) is 11.5 Å². The minimum absolute atomic E-state index is 0.156. The van der Waals surface area contributed by atoms with Gasteiger partial charge in [-0.15, -0.1) is 0 Å². The number of rotatable bonds is 5. The Kier molecular flexibility index (Phi) is 6.48. The van der Waals surface area contributed by atoms with E-state index in [9.17, 15) is 19.2 Å². The Hall–Kier alpha value is -5.12. The topological polar surface area (TPSA) is 112 Å². The number of hydrogen-bond acceptors (Lipinski definition) is 6. The molecule has 2 aliphatic heterocycles. The maximum Gasteiger partial charge on any atom is 0.279 e. The Morgan fingerprint density at radius 3 is 1.95 bits per heavy atom. The van der Waals surface area contributed by atoms with Gasteiger partial charge in [-0.3, -0.25) is 19.2 Å². The molecule has 1 aromatic heterocycles. The van der Waals surface area contributed by atoms with E-state index in [-0.39, 0.29) is 23.5 Å². The average molecular weight is 567 g/mol. The van der Waals surface area contributed by atoms with Crippen LogP contribution in [0.15, 0.2) is 72.8 Å². The van der Waals surface area contributed by atoms with Crippen LogP contribution in [0.5, 0.6) is 11.5 Å². The zero-order valence-corrected chi connectivity index (χ0v) is 23.7. The largest absolute Gasteiger partial charge is 0.497 e. The first-order valence-electron chi connectivity index (χ1n) is 13.6. The van der Waals surface area contributed by atoms with Crippen molar-refractivity contribution in [2.24, 2.45) is 0 Å². The number of benzene rings is 3. The van der Waals surface area contributed by atoms with Crippen molar-refractivity contribution in [3.8, 4) is 11.5 Å². The molecule has 0 spiro atoms. The minimum atomic E-state index is -0.914. The van der Waals surface area contributed by atoms with E-state index in [0.717, 1.165) is 32.2 Å². The molecule has 0 radical (unpaired) electrons. The standard InChI is InChI=1S/C32H30N4O6/c1-32(2)28-24(23-7-5-6-8-25(23)33-28)17-26-31(40)34(18-27(37)35(26)32)36(29(38)19-9-13-21(41-3)14-10-19)30(39)20-11-15-22(42-4)16-12-20/h5-16,26,33H,17-18H2,1-4H3. The highest BCUT2D eigenvalue weighted by Gasteiger charge is 2.53. The van der Waals surface area contributed by atoms with Crippen LogP contribution in [0.1, 0.15) is 45.8 Å². The summed E-state index contributed by atoms with van der Waals surface area (Å²) in [7, 11) is 3.01. The number of fused-ring (bicyclic) bond motifs is 4. The van der Waals surface area contributed by atoms with Crippen molar-refractivity contribution in [3.05, 3.63) is 95.2 Å². The number of hydrazine groups is 1. The zero-order valence-electron chi connectivity index (χ0n) is 23.7. The number of aromatic nitrogens is 1. The van der Waals surface area contributed by atoms with E-state index < -0.39 is 35.8 Å². The summed E-state index contributed by atoms with van der Waals surface area (Å²) in [5.41, 5.74) is 2.20. The zero-order chi connectivity index (χ0) is 29.8. The lowest BCUT2D eigenvalue weighted by Gasteiger charge is -2.52. The molecule has 4 aromatic rings. The summed E-state index contributed by atoms with van der Waals surface area (Å²) < 4.78 is 10.4. The second-order valence-electron chi connectivity index (χ2n) is 10.8. The molecule has 0 aliphatic carbocycles. The van der Waals surface area contributed by atoms with Crippen LogP contribution in [-0.2, 0) is 21.5 Å². The Labute approximate surface area is 242 Å². The van der Waals surface area contributed by atoms with Gasteiger partial charge in [-0.2, -0.15) is 5.01 Å². The maximum atomic E-state index is 14.3. The smallest absolute Gasteiger partial charge is 0.279 e. The molecule has 0 bridgehead atoms. The molecule has 1 fully saturated rings. The highest BCUT2D eigenvalue weighted by atomic mass is 16.5. The van der Waals surface area contributed by atoms with Crippen LogP contribution in [0.3, 0.4) is 0 Å². The Balaban J connectivity index is 1.43. The van der Waals surface area contributed by atoms with Crippen molar-refractivity contribution in [1.29, 1.82) is 0 Å². The molecule has 6 rings (SSSR count). The van der Waals surface area contributed by atoms with E-state index in [1.165, 1.54) is 38.5 Å². The monoisotopic (exact) mass is 566 g/mol. The summed E-state index contributed by atoms with van der Waals surface area (Å²) in [6.07, 6.45) is 0.241. The van der Waals surface area contributed by atoms with Gasteiger partial charge in [0.15, 0.2) is 0 Å². The predicted octanol–water partition coefficient (Wildman–Crippen LogP) is 3.91. The van der Waals surface area contributed by atoms with Gasteiger partial charge >= 0.3 is 0 Å². The third kappa shape index (κ3) is 4.18. The van der Waals surface area contributed by atoms with Crippen molar-refractivity contribution in [1.82, 2.24) is 19.9 Å². The Morgan fingerprint density at radius 2 is 1.40 bits per heavy atom. The van der Waals surface area contributed by atoms with Crippen molar-refractivity contribution in [2.45, 2.75) is 31.8 Å². The molecule has 1 atom stereocenters. The number of imide groups is 1. The molecule has 1 saturated heterocycles. The van der Waals surface area contributed by atoms with Gasteiger partial charge < -0.3 is 19.4 Å². The number of carbonyl (C=O) groups is 4. The minimum Gasteiger partial charge on any atom is -0.497 e. The third-order valence-electron chi connectivity index (χ3n) is 8.13. The number of nitrogens with one attached hydrogen (secondary N) is 1. The second-order valence-corrected chi connectivity index (χ2v) is 10.8. The first-order valence-corrected chi connectivity index (χ1v) is 13.6. The first kappa shape index (κ1) is 27.1. The fourth-order valence-electron chi connectivity index (χ4n) is 6.06. The van der Waals surface area contributed by atoms with Gasteiger partial charge in [-0.05, 0) is 74.0 Å². The summed E-state index contributed by atoms with van der Waals surface area (Å²) in [5.74, 6) is -1.31. The van der Waals surface area contributed by atoms with Crippen LogP contribution in [0, 0.1) is 0 Å². The highest BCUT2D eigenvalue weighted by molar-refractivity contribution is 6.12. The number of hydrogen-bond donors (Lipinski definition) is 1. The van der Waals surface area contributed by atoms with Gasteiger partial charge in [0, 0.05) is 34.1 Å². The van der Waals surface area contributed by atoms with E-state index in [2.05, 4.69) is 4.98 Å². The molecule has 0 saturated carbocycles. The molecule has 42 heavy (non-hydrogen) atoms. The molecule has 10 heteroatoms. The highest BCUT2D eigenvalue weighted by Crippen LogP contribution is 2.43. The van der Waals surface area contributed by atoms with Crippen LogP contribution in [0.2, 0.25) is 0 Å². The Bertz CT molecular complexity index is 1660. The summed E-state index contributed by atoms with van der Waals surface area (Å²) >= 11 is 0. The number of ether oxygens (including phenoxy) is 2. The number of H-pyrrole nitrogens is 1. The first-order chi connectivity index (χ1) is 20.1. The lowest BCUT2D eigenvalue weighted by molar-refractivity contribution is -0.173. The molecule has 1 N–H and O–H groups in total. The molecule has 10 nitrogen and oxygen atoms in total. The molecule has 3 aromatic carbocycles. The number of piperazine rings is 1. The number of carbonyl (C=O) groups excluding carboxylic acids is 4. The van der Waals surface area contributed by atoms with Crippen LogP contribution in [-0.4, -0.2) is 70.3 Å². The van der Waals surface area contributed by atoms with Crippen LogP contribution < -0.4 is 9.47 Å². The van der Waals surface area contributed by atoms with E-state index in [4.69, 9.17) is 9.47 Å². The Morgan fingerprint density at radius 1 is 0.857 bits per heavy atom. The normalized spacial score (nSPS) is 17.5. The third-order valence-corrected chi connectivity index (χ3v) is 8.13. The second kappa shape index (κ2) is 10.1. The summed E-state index contributed by atoms with van der Waals surface area (Å²) in [4.78, 5) is 61.1. The van der Waals surface area contributed by atoms with Gasteiger partial charge in [0.25, 0.3) is 17.7 Å². The summed E-state index contributed by atoms with van der Waals surface area (Å²) in [6.45, 7) is 3.33. The summed E-state index contributed by atoms with van der Waals surface area (Å²) in [6, 6.07) is 19.3. The SMILES string of the molecule is COc1ccc(C(=O)N(C(=O)c2ccc(OC)cc2)N2CC(=O)N3C(Cc4c([nH]c5ccccc45)C3(C)C)C2=O)cc1. The number of methoxy groups -OCH3 is 2. The van der Waals surface area contributed by atoms with Crippen molar-refractivity contribution in [2.75, 3.05) is 20.8 Å². The number of para-hydroxylation sites is 1. The molecule has 2 aliphatic rings. The lowest BCUT2D eigenvalue weighted by atomic mass is 9.82. The van der Waals surface area contributed by atoms with Crippen molar-refractivity contribution in [3.63, 3.8) is 0 Å². The van der Waals surface area contributed by atoms with E-state index in [1.54, 1.807) is 29.2 Å². The van der Waals surface area contributed by atoms with Crippen LogP contribution in [0.25, 0.3) is 10.9 Å². The summed E-state index contributed by atoms with van der Waals surface area (Å²) in [5, 5.41) is 2.76. The van der Waals surface area contributed by atoms with Crippen molar-refractivity contribution >= 4 is 34.5 Å². The fraction of sp³-hybridized carbons (Fsp3) is 0.250. The lowest BCUT2D eigenvalue weighted by Crippen LogP contribution is -2.70. The molecule has 214 valence electrons. The molecular weight excluding hydrogens is 536 g/mol. The van der Waals surface area contributed by atoms with E-state index >= 15 is 0 Å². The molecule has 4 amide bonds.